The Hall–Kier alpha value is -2.93. The molecule has 7 nitrogen and oxygen atoms in total. The lowest BCUT2D eigenvalue weighted by atomic mass is 9.86. The lowest BCUT2D eigenvalue weighted by molar-refractivity contribution is 0.323. The zero-order valence-electron chi connectivity index (χ0n) is 22.8. The Morgan fingerprint density at radius 3 is 2.54 bits per heavy atom. The van der Waals surface area contributed by atoms with E-state index in [9.17, 15) is 0 Å². The second kappa shape index (κ2) is 12.1. The molecule has 1 fully saturated rings. The van der Waals surface area contributed by atoms with Crippen LogP contribution in [0.4, 0.5) is 11.8 Å². The first-order valence-electron chi connectivity index (χ1n) is 14.3. The van der Waals surface area contributed by atoms with Crippen molar-refractivity contribution in [3.63, 3.8) is 0 Å². The number of rotatable bonds is 10. The molecule has 0 aliphatic heterocycles. The fraction of sp³-hybridized carbons (Fsp3) is 0.567. The van der Waals surface area contributed by atoms with Gasteiger partial charge in [0.1, 0.15) is 5.82 Å². The maximum Gasteiger partial charge on any atom is 0.225 e. The van der Waals surface area contributed by atoms with Crippen LogP contribution in [0, 0.1) is 5.92 Å². The molecule has 0 saturated heterocycles. The number of aryl methyl sites for hydroxylation is 1. The summed E-state index contributed by atoms with van der Waals surface area (Å²) in [5.41, 5.74) is 6.40. The fourth-order valence-electron chi connectivity index (χ4n) is 5.96. The van der Waals surface area contributed by atoms with Gasteiger partial charge in [-0.05, 0) is 82.4 Å². The molecule has 2 aliphatic carbocycles. The van der Waals surface area contributed by atoms with Crippen LogP contribution in [0.15, 0.2) is 36.5 Å². The van der Waals surface area contributed by atoms with Crippen LogP contribution in [0.5, 0.6) is 0 Å². The molecule has 5 rings (SSSR count). The quantitative estimate of drug-likeness (QED) is 0.392. The van der Waals surface area contributed by atoms with E-state index in [4.69, 9.17) is 15.1 Å². The van der Waals surface area contributed by atoms with Crippen molar-refractivity contribution < 1.29 is 0 Å². The third-order valence-corrected chi connectivity index (χ3v) is 7.96. The molecule has 0 bridgehead atoms. The molecule has 7 heteroatoms. The van der Waals surface area contributed by atoms with Crippen LogP contribution < -0.4 is 15.5 Å². The molecule has 2 heterocycles. The summed E-state index contributed by atoms with van der Waals surface area (Å²) in [4.78, 5) is 12.0. The van der Waals surface area contributed by atoms with E-state index in [0.717, 1.165) is 62.1 Å². The van der Waals surface area contributed by atoms with Gasteiger partial charge < -0.3 is 15.5 Å². The summed E-state index contributed by atoms with van der Waals surface area (Å²) < 4.78 is 2.11. The number of hydrogen-bond acceptors (Lipinski definition) is 6. The molecule has 0 unspecified atom stereocenters. The molecule has 1 saturated carbocycles. The Balaban J connectivity index is 1.12. The van der Waals surface area contributed by atoms with Crippen molar-refractivity contribution >= 4 is 11.8 Å². The second-order valence-electron chi connectivity index (χ2n) is 11.0. The predicted molar refractivity (Wildman–Crippen MR) is 152 cm³/mol. The minimum Gasteiger partial charge on any atom is -0.362 e. The minimum absolute atomic E-state index is 0.466. The van der Waals surface area contributed by atoms with Gasteiger partial charge in [0, 0.05) is 43.5 Å². The first-order valence-corrected chi connectivity index (χ1v) is 14.3. The third kappa shape index (κ3) is 6.15. The summed E-state index contributed by atoms with van der Waals surface area (Å²) in [6.45, 7) is 4.19. The first kappa shape index (κ1) is 25.7. The largest absolute Gasteiger partial charge is 0.362 e. The summed E-state index contributed by atoms with van der Waals surface area (Å²) in [7, 11) is 4.19. The Bertz CT molecular complexity index is 1150. The minimum atomic E-state index is 0.466. The molecule has 2 aliphatic rings. The highest BCUT2D eigenvalue weighted by Gasteiger charge is 2.24. The normalized spacial score (nSPS) is 19.4. The van der Waals surface area contributed by atoms with Crippen LogP contribution in [-0.4, -0.2) is 46.4 Å². The molecule has 3 aromatic rings. The van der Waals surface area contributed by atoms with Gasteiger partial charge in [0.2, 0.25) is 5.95 Å². The van der Waals surface area contributed by atoms with Gasteiger partial charge >= 0.3 is 0 Å². The first-order chi connectivity index (χ1) is 18.1. The van der Waals surface area contributed by atoms with E-state index in [-0.39, 0.29) is 0 Å². The number of hydrogen-bond donors (Lipinski definition) is 2. The molecule has 1 aromatic carbocycles. The number of nitrogens with zero attached hydrogens (tertiary/aromatic N) is 5. The topological polar surface area (TPSA) is 70.9 Å². The van der Waals surface area contributed by atoms with Crippen LogP contribution in [0.1, 0.15) is 74.4 Å². The van der Waals surface area contributed by atoms with Gasteiger partial charge in [-0.15, -0.1) is 0 Å². The number of aromatic nitrogens is 4. The number of para-hydroxylation sites is 1. The highest BCUT2D eigenvalue weighted by molar-refractivity contribution is 5.53. The van der Waals surface area contributed by atoms with Crippen molar-refractivity contribution in [2.75, 3.05) is 30.9 Å². The van der Waals surface area contributed by atoms with Crippen molar-refractivity contribution in [3.05, 3.63) is 59.0 Å². The van der Waals surface area contributed by atoms with Crippen LogP contribution in [0.2, 0.25) is 0 Å². The standard InChI is InChI=1S/C30H43N7/c1-4-10-28-23(21-32-37(28)25-11-6-5-7-12-25)20-31-19-22-15-17-24(18-16-22)33-30-34-27-14-9-8-13-26(27)29(35-30)36(2)3/h5-7,11-12,21-22,24,31H,4,8-10,13-20H2,1-3H3,(H,33,34,35). The smallest absolute Gasteiger partial charge is 0.225 e. The highest BCUT2D eigenvalue weighted by atomic mass is 15.3. The van der Waals surface area contributed by atoms with E-state index in [1.807, 2.05) is 6.20 Å². The van der Waals surface area contributed by atoms with Crippen molar-refractivity contribution in [2.45, 2.75) is 83.7 Å². The zero-order valence-corrected chi connectivity index (χ0v) is 22.8. The van der Waals surface area contributed by atoms with Crippen molar-refractivity contribution in [3.8, 4) is 5.69 Å². The van der Waals surface area contributed by atoms with Crippen LogP contribution in [-0.2, 0) is 25.8 Å². The maximum absolute atomic E-state index is 4.93. The SMILES string of the molecule is CCCc1c(CNCC2CCC(Nc3nc4c(c(N(C)C)n3)CCCC4)CC2)cnn1-c1ccccc1. The lowest BCUT2D eigenvalue weighted by Gasteiger charge is -2.30. The Morgan fingerprint density at radius 2 is 1.78 bits per heavy atom. The molecule has 0 atom stereocenters. The molecule has 198 valence electrons. The van der Waals surface area contributed by atoms with Crippen LogP contribution >= 0.6 is 0 Å². The van der Waals surface area contributed by atoms with Gasteiger partial charge in [0.15, 0.2) is 0 Å². The van der Waals surface area contributed by atoms with E-state index >= 15 is 0 Å². The molecule has 0 radical (unpaired) electrons. The Morgan fingerprint density at radius 1 is 1.00 bits per heavy atom. The molecule has 2 aromatic heterocycles. The van der Waals surface area contributed by atoms with E-state index in [1.165, 1.54) is 61.0 Å². The molecular formula is C30H43N7. The third-order valence-electron chi connectivity index (χ3n) is 7.96. The molecule has 37 heavy (non-hydrogen) atoms. The van der Waals surface area contributed by atoms with Gasteiger partial charge in [-0.25, -0.2) is 9.67 Å². The highest BCUT2D eigenvalue weighted by Crippen LogP contribution is 2.30. The van der Waals surface area contributed by atoms with Gasteiger partial charge in [0.25, 0.3) is 0 Å². The summed E-state index contributed by atoms with van der Waals surface area (Å²) in [6.07, 6.45) is 13.7. The average molecular weight is 502 g/mol. The van der Waals surface area contributed by atoms with E-state index < -0.39 is 0 Å². The van der Waals surface area contributed by atoms with Crippen LogP contribution in [0.3, 0.4) is 0 Å². The molecular weight excluding hydrogens is 458 g/mol. The summed E-state index contributed by atoms with van der Waals surface area (Å²) in [5, 5.41) is 12.2. The number of fused-ring (bicyclic) bond motifs is 1. The molecule has 2 N–H and O–H groups in total. The summed E-state index contributed by atoms with van der Waals surface area (Å²) in [6, 6.07) is 10.9. The predicted octanol–water partition coefficient (Wildman–Crippen LogP) is 5.32. The summed E-state index contributed by atoms with van der Waals surface area (Å²) in [5.74, 6) is 2.64. The lowest BCUT2D eigenvalue weighted by Crippen LogP contribution is -2.32. The van der Waals surface area contributed by atoms with Gasteiger partial charge in [-0.2, -0.15) is 10.1 Å². The molecule has 0 amide bonds. The average Bonchev–Trinajstić information content (AvgIpc) is 3.32. The van der Waals surface area contributed by atoms with Gasteiger partial charge in [0.05, 0.1) is 17.6 Å². The van der Waals surface area contributed by atoms with Gasteiger partial charge in [-0.1, -0.05) is 31.5 Å². The van der Waals surface area contributed by atoms with Crippen molar-refractivity contribution in [1.29, 1.82) is 0 Å². The van der Waals surface area contributed by atoms with Crippen LogP contribution in [0.25, 0.3) is 5.69 Å². The van der Waals surface area contributed by atoms with Crippen molar-refractivity contribution in [2.24, 2.45) is 5.92 Å². The van der Waals surface area contributed by atoms with E-state index in [1.54, 1.807) is 0 Å². The number of benzene rings is 1. The zero-order chi connectivity index (χ0) is 25.6. The Kier molecular flexibility index (Phi) is 8.39. The number of nitrogens with one attached hydrogen (secondary N) is 2. The number of anilines is 2. The maximum atomic E-state index is 4.93. The monoisotopic (exact) mass is 501 g/mol. The van der Waals surface area contributed by atoms with Gasteiger partial charge in [-0.3, -0.25) is 0 Å². The van der Waals surface area contributed by atoms with E-state index in [0.29, 0.717) is 6.04 Å². The summed E-state index contributed by atoms with van der Waals surface area (Å²) >= 11 is 0. The molecule has 0 spiro atoms. The second-order valence-corrected chi connectivity index (χ2v) is 11.0. The fourth-order valence-corrected chi connectivity index (χ4v) is 5.96. The van der Waals surface area contributed by atoms with Crippen molar-refractivity contribution in [1.82, 2.24) is 25.1 Å². The van der Waals surface area contributed by atoms with E-state index in [2.05, 4.69) is 71.6 Å². The Labute approximate surface area is 222 Å².